The minimum Gasteiger partial charge on any atom is -0.207 e. The van der Waals surface area contributed by atoms with Crippen molar-refractivity contribution in [3.63, 3.8) is 0 Å². The van der Waals surface area contributed by atoms with Gasteiger partial charge >= 0.3 is 0 Å². The lowest BCUT2D eigenvalue weighted by Crippen LogP contribution is -2.14. The van der Waals surface area contributed by atoms with Crippen molar-refractivity contribution in [3.8, 4) is 11.8 Å². The highest BCUT2D eigenvalue weighted by Crippen LogP contribution is 2.28. The fraction of sp³-hybridized carbons (Fsp3) is 0.467. The van der Waals surface area contributed by atoms with Crippen LogP contribution in [0.4, 0.5) is 8.78 Å². The van der Waals surface area contributed by atoms with Gasteiger partial charge in [-0.05, 0) is 42.9 Å². The zero-order valence-corrected chi connectivity index (χ0v) is 10.0. The van der Waals surface area contributed by atoms with Gasteiger partial charge in [0.05, 0.1) is 0 Å². The Kier molecular flexibility index (Phi) is 3.78. The molecule has 1 aromatic rings. The quantitative estimate of drug-likeness (QED) is 0.647. The molecule has 0 spiro atoms. The van der Waals surface area contributed by atoms with Gasteiger partial charge in [0.2, 0.25) is 0 Å². The summed E-state index contributed by atoms with van der Waals surface area (Å²) < 4.78 is 26.6. The molecule has 1 atom stereocenters. The smallest absolute Gasteiger partial charge is 0.129 e. The summed E-state index contributed by atoms with van der Waals surface area (Å²) in [5.74, 6) is 5.71. The fourth-order valence-electron chi connectivity index (χ4n) is 2.27. The van der Waals surface area contributed by atoms with Crippen molar-refractivity contribution in [2.45, 2.75) is 39.0 Å². The summed E-state index contributed by atoms with van der Waals surface area (Å²) in [6, 6.07) is 2.42. The first-order valence-electron chi connectivity index (χ1n) is 6.16. The van der Waals surface area contributed by atoms with Gasteiger partial charge < -0.3 is 0 Å². The molecule has 0 aliphatic heterocycles. The van der Waals surface area contributed by atoms with Crippen LogP contribution in [0.3, 0.4) is 0 Å². The SMILES string of the molecule is CCCC#CC1CCc2c(F)cc(F)cc2C1. The first kappa shape index (κ1) is 12.1. The van der Waals surface area contributed by atoms with Crippen LogP contribution < -0.4 is 0 Å². The molecule has 0 saturated heterocycles. The van der Waals surface area contributed by atoms with Crippen molar-refractivity contribution in [2.24, 2.45) is 5.92 Å². The van der Waals surface area contributed by atoms with E-state index in [1.165, 1.54) is 6.07 Å². The van der Waals surface area contributed by atoms with Crippen LogP contribution in [0.25, 0.3) is 0 Å². The van der Waals surface area contributed by atoms with Crippen LogP contribution in [0.15, 0.2) is 12.1 Å². The summed E-state index contributed by atoms with van der Waals surface area (Å²) in [6.07, 6.45) is 4.19. The summed E-state index contributed by atoms with van der Waals surface area (Å²) in [6.45, 7) is 2.09. The molecule has 1 aromatic carbocycles. The minimum atomic E-state index is -0.483. The first-order chi connectivity index (χ1) is 8.20. The third kappa shape index (κ3) is 2.85. The van der Waals surface area contributed by atoms with E-state index in [-0.39, 0.29) is 5.92 Å². The Balaban J connectivity index is 2.16. The monoisotopic (exact) mass is 234 g/mol. The molecular formula is C15H16F2. The molecule has 0 radical (unpaired) electrons. The molecule has 0 aromatic heterocycles. The normalized spacial score (nSPS) is 18.2. The highest BCUT2D eigenvalue weighted by molar-refractivity contribution is 5.33. The van der Waals surface area contributed by atoms with Gasteiger partial charge in [0.1, 0.15) is 11.6 Å². The third-order valence-corrected chi connectivity index (χ3v) is 3.14. The van der Waals surface area contributed by atoms with Crippen LogP contribution in [0.1, 0.15) is 37.3 Å². The van der Waals surface area contributed by atoms with Crippen molar-refractivity contribution in [3.05, 3.63) is 34.9 Å². The van der Waals surface area contributed by atoms with E-state index in [2.05, 4.69) is 18.8 Å². The van der Waals surface area contributed by atoms with Crippen LogP contribution in [-0.4, -0.2) is 0 Å². The molecule has 90 valence electrons. The van der Waals surface area contributed by atoms with E-state index < -0.39 is 11.6 Å². The number of halogens is 2. The standard InChI is InChI=1S/C15H16F2/c1-2-3-4-5-11-6-7-14-12(8-11)9-13(16)10-15(14)17/h9-11H,2-3,6-8H2,1H3. The lowest BCUT2D eigenvalue weighted by atomic mass is 9.84. The highest BCUT2D eigenvalue weighted by atomic mass is 19.1. The molecular weight excluding hydrogens is 218 g/mol. The lowest BCUT2D eigenvalue weighted by Gasteiger charge is -2.21. The zero-order valence-electron chi connectivity index (χ0n) is 10.0. The largest absolute Gasteiger partial charge is 0.207 e. The van der Waals surface area contributed by atoms with Crippen molar-refractivity contribution >= 4 is 0 Å². The fourth-order valence-corrected chi connectivity index (χ4v) is 2.27. The second-order valence-corrected chi connectivity index (χ2v) is 4.54. The van der Waals surface area contributed by atoms with Crippen LogP contribution in [-0.2, 0) is 12.8 Å². The maximum atomic E-state index is 13.5. The third-order valence-electron chi connectivity index (χ3n) is 3.14. The first-order valence-corrected chi connectivity index (χ1v) is 6.16. The molecule has 2 rings (SSSR count). The second-order valence-electron chi connectivity index (χ2n) is 4.54. The van der Waals surface area contributed by atoms with E-state index in [9.17, 15) is 8.78 Å². The van der Waals surface area contributed by atoms with Crippen molar-refractivity contribution < 1.29 is 8.78 Å². The molecule has 0 N–H and O–H groups in total. The van der Waals surface area contributed by atoms with Gasteiger partial charge in [-0.1, -0.05) is 12.8 Å². The van der Waals surface area contributed by atoms with Gasteiger partial charge in [-0.25, -0.2) is 8.78 Å². The summed E-state index contributed by atoms with van der Waals surface area (Å²) in [5.41, 5.74) is 1.48. The maximum Gasteiger partial charge on any atom is 0.129 e. The highest BCUT2D eigenvalue weighted by Gasteiger charge is 2.20. The summed E-state index contributed by atoms with van der Waals surface area (Å²) >= 11 is 0. The Bertz CT molecular complexity index is 466. The summed E-state index contributed by atoms with van der Waals surface area (Å²) in [4.78, 5) is 0. The Morgan fingerprint density at radius 3 is 2.94 bits per heavy atom. The molecule has 1 unspecified atom stereocenters. The predicted octanol–water partition coefficient (Wildman–Crippen LogP) is 3.87. The molecule has 0 saturated carbocycles. The van der Waals surface area contributed by atoms with Crippen LogP contribution in [0.2, 0.25) is 0 Å². The van der Waals surface area contributed by atoms with E-state index >= 15 is 0 Å². The predicted molar refractivity (Wildman–Crippen MR) is 64.6 cm³/mol. The van der Waals surface area contributed by atoms with E-state index in [0.29, 0.717) is 18.4 Å². The van der Waals surface area contributed by atoms with Crippen LogP contribution >= 0.6 is 0 Å². The number of rotatable bonds is 1. The number of hydrogen-bond acceptors (Lipinski definition) is 0. The molecule has 0 heterocycles. The topological polar surface area (TPSA) is 0 Å². The second kappa shape index (κ2) is 5.31. The number of fused-ring (bicyclic) bond motifs is 1. The molecule has 0 amide bonds. The Morgan fingerprint density at radius 1 is 1.35 bits per heavy atom. The van der Waals surface area contributed by atoms with Gasteiger partial charge in [-0.2, -0.15) is 0 Å². The molecule has 1 aliphatic carbocycles. The van der Waals surface area contributed by atoms with Gasteiger partial charge in [-0.3, -0.25) is 0 Å². The molecule has 0 nitrogen and oxygen atoms in total. The number of benzene rings is 1. The summed E-state index contributed by atoms with van der Waals surface area (Å²) in [7, 11) is 0. The van der Waals surface area contributed by atoms with Crippen LogP contribution in [0, 0.1) is 29.4 Å². The average Bonchev–Trinajstić information content (AvgIpc) is 2.28. The average molecular weight is 234 g/mol. The molecule has 17 heavy (non-hydrogen) atoms. The van der Waals surface area contributed by atoms with Crippen molar-refractivity contribution in [1.29, 1.82) is 0 Å². The van der Waals surface area contributed by atoms with Gasteiger partial charge in [0.15, 0.2) is 0 Å². The Labute approximate surface area is 101 Å². The van der Waals surface area contributed by atoms with Crippen molar-refractivity contribution in [1.82, 2.24) is 0 Å². The number of hydrogen-bond donors (Lipinski definition) is 0. The van der Waals surface area contributed by atoms with E-state index in [1.54, 1.807) is 0 Å². The zero-order chi connectivity index (χ0) is 12.3. The van der Waals surface area contributed by atoms with E-state index in [0.717, 1.165) is 30.9 Å². The molecule has 0 fully saturated rings. The maximum absolute atomic E-state index is 13.5. The number of unbranched alkanes of at least 4 members (excludes halogenated alkanes) is 1. The Hall–Kier alpha value is -1.36. The van der Waals surface area contributed by atoms with Gasteiger partial charge in [-0.15, -0.1) is 5.92 Å². The van der Waals surface area contributed by atoms with Gasteiger partial charge in [0.25, 0.3) is 0 Å². The lowest BCUT2D eigenvalue weighted by molar-refractivity contribution is 0.515. The summed E-state index contributed by atoms with van der Waals surface area (Å²) in [5, 5.41) is 0. The van der Waals surface area contributed by atoms with Gasteiger partial charge in [0, 0.05) is 18.4 Å². The minimum absolute atomic E-state index is 0.259. The molecule has 0 bridgehead atoms. The van der Waals surface area contributed by atoms with Crippen LogP contribution in [0.5, 0.6) is 0 Å². The molecule has 2 heteroatoms. The van der Waals surface area contributed by atoms with E-state index in [4.69, 9.17) is 0 Å². The van der Waals surface area contributed by atoms with Crippen molar-refractivity contribution in [2.75, 3.05) is 0 Å². The van der Waals surface area contributed by atoms with E-state index in [1.807, 2.05) is 0 Å². The molecule has 1 aliphatic rings. The Morgan fingerprint density at radius 2 is 2.18 bits per heavy atom.